The first-order chi connectivity index (χ1) is 9.81. The number of hydrogen-bond acceptors (Lipinski definition) is 2. The van der Waals surface area contributed by atoms with Gasteiger partial charge in [-0.2, -0.15) is 0 Å². The SMILES string of the molecule is CCCNCC1(CN2Cc3ccccc3C2)CCCC1. The van der Waals surface area contributed by atoms with Crippen molar-refractivity contribution >= 4 is 0 Å². The first-order valence-corrected chi connectivity index (χ1v) is 8.31. The molecule has 0 aromatic heterocycles. The Bertz CT molecular complexity index is 410. The Hall–Kier alpha value is -0.860. The normalized spacial score (nSPS) is 21.2. The van der Waals surface area contributed by atoms with Gasteiger partial charge in [-0.05, 0) is 42.3 Å². The van der Waals surface area contributed by atoms with E-state index in [1.165, 1.54) is 51.7 Å². The van der Waals surface area contributed by atoms with Crippen LogP contribution >= 0.6 is 0 Å². The number of rotatable bonds is 6. The molecule has 20 heavy (non-hydrogen) atoms. The topological polar surface area (TPSA) is 15.3 Å². The fraction of sp³-hybridized carbons (Fsp3) is 0.667. The van der Waals surface area contributed by atoms with Gasteiger partial charge in [0.25, 0.3) is 0 Å². The number of benzene rings is 1. The highest BCUT2D eigenvalue weighted by Crippen LogP contribution is 2.39. The Morgan fingerprint density at radius 2 is 1.75 bits per heavy atom. The van der Waals surface area contributed by atoms with Crippen molar-refractivity contribution in [1.29, 1.82) is 0 Å². The van der Waals surface area contributed by atoms with Gasteiger partial charge in [0.1, 0.15) is 0 Å². The van der Waals surface area contributed by atoms with Crippen LogP contribution in [0.15, 0.2) is 24.3 Å². The van der Waals surface area contributed by atoms with E-state index in [1.807, 2.05) is 0 Å². The molecule has 0 unspecified atom stereocenters. The van der Waals surface area contributed by atoms with Crippen LogP contribution in [0, 0.1) is 5.41 Å². The molecule has 0 saturated heterocycles. The molecule has 2 heteroatoms. The van der Waals surface area contributed by atoms with E-state index in [0.717, 1.165) is 13.1 Å². The lowest BCUT2D eigenvalue weighted by atomic mass is 9.85. The Labute approximate surface area is 123 Å². The van der Waals surface area contributed by atoms with Gasteiger partial charge in [-0.15, -0.1) is 0 Å². The third-order valence-electron chi connectivity index (χ3n) is 5.06. The van der Waals surface area contributed by atoms with Crippen LogP contribution in [0.25, 0.3) is 0 Å². The highest BCUT2D eigenvalue weighted by Gasteiger charge is 2.36. The molecule has 0 radical (unpaired) electrons. The van der Waals surface area contributed by atoms with Gasteiger partial charge >= 0.3 is 0 Å². The lowest BCUT2D eigenvalue weighted by Gasteiger charge is -2.34. The highest BCUT2D eigenvalue weighted by atomic mass is 15.2. The highest BCUT2D eigenvalue weighted by molar-refractivity contribution is 5.30. The van der Waals surface area contributed by atoms with E-state index in [0.29, 0.717) is 5.41 Å². The molecular formula is C18H28N2. The minimum Gasteiger partial charge on any atom is -0.316 e. The van der Waals surface area contributed by atoms with Gasteiger partial charge in [-0.1, -0.05) is 44.0 Å². The number of hydrogen-bond donors (Lipinski definition) is 1. The van der Waals surface area contributed by atoms with Crippen LogP contribution in [-0.2, 0) is 13.1 Å². The first kappa shape index (κ1) is 14.1. The van der Waals surface area contributed by atoms with E-state index >= 15 is 0 Å². The van der Waals surface area contributed by atoms with Crippen LogP contribution in [0.4, 0.5) is 0 Å². The van der Waals surface area contributed by atoms with Crippen molar-refractivity contribution in [3.05, 3.63) is 35.4 Å². The minimum atomic E-state index is 0.539. The second-order valence-corrected chi connectivity index (χ2v) is 6.80. The van der Waals surface area contributed by atoms with E-state index in [4.69, 9.17) is 0 Å². The maximum atomic E-state index is 3.69. The van der Waals surface area contributed by atoms with E-state index in [2.05, 4.69) is 41.4 Å². The fourth-order valence-electron chi connectivity index (χ4n) is 4.04. The van der Waals surface area contributed by atoms with Crippen LogP contribution in [0.1, 0.15) is 50.2 Å². The largest absolute Gasteiger partial charge is 0.316 e. The monoisotopic (exact) mass is 272 g/mol. The summed E-state index contributed by atoms with van der Waals surface area (Å²) in [6.45, 7) is 8.23. The van der Waals surface area contributed by atoms with Crippen molar-refractivity contribution in [3.63, 3.8) is 0 Å². The maximum absolute atomic E-state index is 3.69. The molecule has 110 valence electrons. The van der Waals surface area contributed by atoms with Crippen molar-refractivity contribution in [3.8, 4) is 0 Å². The van der Waals surface area contributed by atoms with Gasteiger partial charge < -0.3 is 5.32 Å². The van der Waals surface area contributed by atoms with Gasteiger partial charge in [-0.3, -0.25) is 4.90 Å². The average Bonchev–Trinajstić information content (AvgIpc) is 3.06. The maximum Gasteiger partial charge on any atom is 0.0240 e. The molecule has 3 rings (SSSR count). The van der Waals surface area contributed by atoms with E-state index in [9.17, 15) is 0 Å². The van der Waals surface area contributed by atoms with E-state index < -0.39 is 0 Å². The molecule has 1 aliphatic carbocycles. The molecule has 2 aliphatic rings. The number of fused-ring (bicyclic) bond motifs is 1. The summed E-state index contributed by atoms with van der Waals surface area (Å²) in [4.78, 5) is 2.67. The predicted molar refractivity (Wildman–Crippen MR) is 84.6 cm³/mol. The third kappa shape index (κ3) is 3.07. The van der Waals surface area contributed by atoms with Crippen molar-refractivity contribution < 1.29 is 0 Å². The van der Waals surface area contributed by atoms with Crippen LogP contribution in [0.5, 0.6) is 0 Å². The molecule has 0 amide bonds. The van der Waals surface area contributed by atoms with Crippen LogP contribution < -0.4 is 5.32 Å². The van der Waals surface area contributed by atoms with Crippen LogP contribution in [0.3, 0.4) is 0 Å². The Morgan fingerprint density at radius 1 is 1.10 bits per heavy atom. The zero-order chi connectivity index (χ0) is 13.8. The number of nitrogens with one attached hydrogen (secondary N) is 1. The zero-order valence-electron chi connectivity index (χ0n) is 12.8. The summed E-state index contributed by atoms with van der Waals surface area (Å²) in [7, 11) is 0. The molecule has 0 spiro atoms. The summed E-state index contributed by atoms with van der Waals surface area (Å²) in [5.74, 6) is 0. The van der Waals surface area contributed by atoms with Gasteiger partial charge in [0.2, 0.25) is 0 Å². The second kappa shape index (κ2) is 6.28. The van der Waals surface area contributed by atoms with Gasteiger partial charge in [0, 0.05) is 26.2 Å². The molecule has 1 fully saturated rings. The fourth-order valence-corrected chi connectivity index (χ4v) is 4.04. The molecule has 1 N–H and O–H groups in total. The van der Waals surface area contributed by atoms with Gasteiger partial charge in [-0.25, -0.2) is 0 Å². The molecule has 1 aromatic carbocycles. The van der Waals surface area contributed by atoms with Crippen molar-refractivity contribution in [1.82, 2.24) is 10.2 Å². The minimum absolute atomic E-state index is 0.539. The molecule has 2 nitrogen and oxygen atoms in total. The van der Waals surface area contributed by atoms with Crippen LogP contribution in [-0.4, -0.2) is 24.5 Å². The first-order valence-electron chi connectivity index (χ1n) is 8.31. The van der Waals surface area contributed by atoms with Gasteiger partial charge in [0.15, 0.2) is 0 Å². The summed E-state index contributed by atoms with van der Waals surface area (Å²) in [5, 5.41) is 3.69. The summed E-state index contributed by atoms with van der Waals surface area (Å²) in [6.07, 6.45) is 6.92. The molecular weight excluding hydrogens is 244 g/mol. The Balaban J connectivity index is 1.61. The third-order valence-corrected chi connectivity index (χ3v) is 5.06. The summed E-state index contributed by atoms with van der Waals surface area (Å²) >= 11 is 0. The summed E-state index contributed by atoms with van der Waals surface area (Å²) in [5.41, 5.74) is 3.63. The Kier molecular flexibility index (Phi) is 4.42. The van der Waals surface area contributed by atoms with E-state index in [-0.39, 0.29) is 0 Å². The van der Waals surface area contributed by atoms with E-state index in [1.54, 1.807) is 11.1 Å². The predicted octanol–water partition coefficient (Wildman–Crippen LogP) is 3.56. The number of nitrogens with zero attached hydrogens (tertiary/aromatic N) is 1. The van der Waals surface area contributed by atoms with Crippen molar-refractivity contribution in [2.45, 2.75) is 52.1 Å². The smallest absolute Gasteiger partial charge is 0.0240 e. The van der Waals surface area contributed by atoms with Gasteiger partial charge in [0.05, 0.1) is 0 Å². The average molecular weight is 272 g/mol. The molecule has 0 atom stereocenters. The quantitative estimate of drug-likeness (QED) is 0.797. The molecule has 1 saturated carbocycles. The molecule has 1 aliphatic heterocycles. The second-order valence-electron chi connectivity index (χ2n) is 6.80. The summed E-state index contributed by atoms with van der Waals surface area (Å²) in [6, 6.07) is 8.95. The van der Waals surface area contributed by atoms with Crippen molar-refractivity contribution in [2.24, 2.45) is 5.41 Å². The summed E-state index contributed by atoms with van der Waals surface area (Å²) < 4.78 is 0. The standard InChI is InChI=1S/C18H28N2/c1-2-11-19-14-18(9-5-6-10-18)15-20-12-16-7-3-4-8-17(16)13-20/h3-4,7-8,19H,2,5-6,9-15H2,1H3. The molecule has 1 aromatic rings. The van der Waals surface area contributed by atoms with Crippen molar-refractivity contribution in [2.75, 3.05) is 19.6 Å². The molecule has 1 heterocycles. The Morgan fingerprint density at radius 3 is 2.35 bits per heavy atom. The van der Waals surface area contributed by atoms with Crippen LogP contribution in [0.2, 0.25) is 0 Å². The lowest BCUT2D eigenvalue weighted by Crippen LogP contribution is -2.41. The zero-order valence-corrected chi connectivity index (χ0v) is 12.8. The lowest BCUT2D eigenvalue weighted by molar-refractivity contribution is 0.148. The molecule has 0 bridgehead atoms.